The van der Waals surface area contributed by atoms with Crippen molar-refractivity contribution >= 4 is 0 Å². The molecule has 3 heteroatoms. The minimum atomic E-state index is 0.405. The Labute approximate surface area is 119 Å². The van der Waals surface area contributed by atoms with Crippen LogP contribution in [0.2, 0.25) is 0 Å². The lowest BCUT2D eigenvalue weighted by atomic mass is 9.83. The molecule has 0 bridgehead atoms. The van der Waals surface area contributed by atoms with Gasteiger partial charge in [0.25, 0.3) is 0 Å². The van der Waals surface area contributed by atoms with Gasteiger partial charge in [-0.2, -0.15) is 0 Å². The van der Waals surface area contributed by atoms with Crippen LogP contribution in [0, 0.1) is 5.92 Å². The highest BCUT2D eigenvalue weighted by atomic mass is 16.5. The molecule has 0 aromatic rings. The molecule has 0 aromatic carbocycles. The van der Waals surface area contributed by atoms with Crippen LogP contribution in [-0.2, 0) is 4.74 Å². The fourth-order valence-corrected chi connectivity index (χ4v) is 3.55. The van der Waals surface area contributed by atoms with Crippen LogP contribution in [-0.4, -0.2) is 49.8 Å². The predicted molar refractivity (Wildman–Crippen MR) is 80.5 cm³/mol. The van der Waals surface area contributed by atoms with E-state index in [4.69, 9.17) is 4.74 Å². The normalized spacial score (nSPS) is 33.5. The Balaban J connectivity index is 1.61. The van der Waals surface area contributed by atoms with E-state index in [-0.39, 0.29) is 0 Å². The first kappa shape index (κ1) is 15.3. The molecule has 1 aliphatic carbocycles. The van der Waals surface area contributed by atoms with Crippen LogP contribution in [0.3, 0.4) is 0 Å². The first-order valence-corrected chi connectivity index (χ1v) is 8.39. The van der Waals surface area contributed by atoms with E-state index < -0.39 is 0 Å². The van der Waals surface area contributed by atoms with E-state index in [9.17, 15) is 0 Å². The van der Waals surface area contributed by atoms with Gasteiger partial charge < -0.3 is 10.1 Å². The van der Waals surface area contributed by atoms with Gasteiger partial charge in [-0.05, 0) is 38.1 Å². The average molecular weight is 268 g/mol. The van der Waals surface area contributed by atoms with E-state index in [1.54, 1.807) is 0 Å². The van der Waals surface area contributed by atoms with E-state index in [0.29, 0.717) is 6.10 Å². The van der Waals surface area contributed by atoms with Crippen LogP contribution < -0.4 is 5.32 Å². The third kappa shape index (κ3) is 5.05. The van der Waals surface area contributed by atoms with Gasteiger partial charge in [0.2, 0.25) is 0 Å². The number of hydrogen-bond donors (Lipinski definition) is 1. The van der Waals surface area contributed by atoms with E-state index >= 15 is 0 Å². The summed E-state index contributed by atoms with van der Waals surface area (Å²) in [6, 6.07) is 0.744. The van der Waals surface area contributed by atoms with Crippen molar-refractivity contribution in [1.82, 2.24) is 10.2 Å². The molecule has 0 spiro atoms. The number of ether oxygens (including phenoxy) is 1. The summed E-state index contributed by atoms with van der Waals surface area (Å²) in [5.74, 6) is 1.00. The highest BCUT2D eigenvalue weighted by Crippen LogP contribution is 2.27. The summed E-state index contributed by atoms with van der Waals surface area (Å²) in [4.78, 5) is 2.49. The number of likely N-dealkylation sites (N-methyl/N-ethyl adjacent to an activating group) is 1. The van der Waals surface area contributed by atoms with E-state index in [1.807, 2.05) is 0 Å². The monoisotopic (exact) mass is 268 g/mol. The van der Waals surface area contributed by atoms with Crippen LogP contribution in [0.1, 0.15) is 52.4 Å². The summed E-state index contributed by atoms with van der Waals surface area (Å²) >= 11 is 0. The van der Waals surface area contributed by atoms with Gasteiger partial charge in [0.05, 0.1) is 12.7 Å². The maximum atomic E-state index is 5.86. The van der Waals surface area contributed by atoms with E-state index in [1.165, 1.54) is 38.5 Å². The number of nitrogens with one attached hydrogen (secondary N) is 1. The Hall–Kier alpha value is -0.120. The molecule has 1 aliphatic heterocycles. The molecule has 0 aromatic heterocycles. The Morgan fingerprint density at radius 3 is 2.63 bits per heavy atom. The van der Waals surface area contributed by atoms with Crippen LogP contribution >= 0.6 is 0 Å². The largest absolute Gasteiger partial charge is 0.374 e. The van der Waals surface area contributed by atoms with Crippen molar-refractivity contribution in [2.75, 3.05) is 32.8 Å². The van der Waals surface area contributed by atoms with Gasteiger partial charge in [-0.25, -0.2) is 0 Å². The molecule has 1 saturated carbocycles. The molecule has 112 valence electrons. The predicted octanol–water partition coefficient (Wildman–Crippen LogP) is 2.66. The molecule has 1 N–H and O–H groups in total. The van der Waals surface area contributed by atoms with Crippen LogP contribution in [0.15, 0.2) is 0 Å². The second-order valence-electron chi connectivity index (χ2n) is 6.30. The smallest absolute Gasteiger partial charge is 0.0826 e. The third-order valence-electron chi connectivity index (χ3n) is 4.85. The molecule has 2 fully saturated rings. The highest BCUT2D eigenvalue weighted by molar-refractivity contribution is 4.80. The lowest BCUT2D eigenvalue weighted by Crippen LogP contribution is -2.48. The van der Waals surface area contributed by atoms with Crippen LogP contribution in [0.5, 0.6) is 0 Å². The molecule has 3 nitrogen and oxygen atoms in total. The molecule has 1 atom stereocenters. The Bertz CT molecular complexity index is 239. The van der Waals surface area contributed by atoms with Gasteiger partial charge in [0, 0.05) is 25.7 Å². The summed E-state index contributed by atoms with van der Waals surface area (Å²) in [6.07, 6.45) is 8.79. The first-order chi connectivity index (χ1) is 9.31. The van der Waals surface area contributed by atoms with Gasteiger partial charge in [0.1, 0.15) is 0 Å². The molecule has 0 radical (unpaired) electrons. The SMILES string of the molecule is CCCC1CCC(NCC2CN(CC)CCO2)CC1. The molecule has 1 unspecified atom stereocenters. The number of rotatable bonds is 6. The lowest BCUT2D eigenvalue weighted by molar-refractivity contribution is -0.0269. The number of nitrogens with zero attached hydrogens (tertiary/aromatic N) is 1. The molecule has 2 aliphatic rings. The summed E-state index contributed by atoms with van der Waals surface area (Å²) in [5.41, 5.74) is 0. The average Bonchev–Trinajstić information content (AvgIpc) is 2.47. The third-order valence-corrected chi connectivity index (χ3v) is 4.85. The standard InChI is InChI=1S/C16H32N2O/c1-3-5-14-6-8-15(9-7-14)17-12-16-13-18(4-2)10-11-19-16/h14-17H,3-13H2,1-2H3. The zero-order valence-corrected chi connectivity index (χ0v) is 12.9. The van der Waals surface area contributed by atoms with Crippen LogP contribution in [0.25, 0.3) is 0 Å². The molecular weight excluding hydrogens is 236 g/mol. The van der Waals surface area contributed by atoms with Crippen molar-refractivity contribution in [2.24, 2.45) is 5.92 Å². The number of hydrogen-bond acceptors (Lipinski definition) is 3. The Kier molecular flexibility index (Phi) is 6.62. The topological polar surface area (TPSA) is 24.5 Å². The van der Waals surface area contributed by atoms with Gasteiger partial charge in [0.15, 0.2) is 0 Å². The summed E-state index contributed by atoms with van der Waals surface area (Å²) in [7, 11) is 0. The van der Waals surface area contributed by atoms with Gasteiger partial charge >= 0.3 is 0 Å². The first-order valence-electron chi connectivity index (χ1n) is 8.39. The Morgan fingerprint density at radius 1 is 1.16 bits per heavy atom. The van der Waals surface area contributed by atoms with Crippen molar-refractivity contribution in [2.45, 2.75) is 64.5 Å². The minimum absolute atomic E-state index is 0.405. The fraction of sp³-hybridized carbons (Fsp3) is 1.00. The van der Waals surface area contributed by atoms with Crippen molar-refractivity contribution < 1.29 is 4.74 Å². The maximum Gasteiger partial charge on any atom is 0.0826 e. The van der Waals surface area contributed by atoms with Crippen molar-refractivity contribution in [3.8, 4) is 0 Å². The number of morpholine rings is 1. The highest BCUT2D eigenvalue weighted by Gasteiger charge is 2.23. The lowest BCUT2D eigenvalue weighted by Gasteiger charge is -2.34. The fourth-order valence-electron chi connectivity index (χ4n) is 3.55. The van der Waals surface area contributed by atoms with E-state index in [2.05, 4.69) is 24.1 Å². The summed E-state index contributed by atoms with van der Waals surface area (Å²) in [5, 5.41) is 3.75. The molecule has 19 heavy (non-hydrogen) atoms. The zero-order valence-electron chi connectivity index (χ0n) is 12.9. The van der Waals surface area contributed by atoms with Crippen LogP contribution in [0.4, 0.5) is 0 Å². The van der Waals surface area contributed by atoms with Gasteiger partial charge in [-0.15, -0.1) is 0 Å². The maximum absolute atomic E-state index is 5.86. The van der Waals surface area contributed by atoms with Crippen molar-refractivity contribution in [3.63, 3.8) is 0 Å². The van der Waals surface area contributed by atoms with Gasteiger partial charge in [-0.1, -0.05) is 26.7 Å². The molecule has 2 rings (SSSR count). The Morgan fingerprint density at radius 2 is 1.95 bits per heavy atom. The molecule has 0 amide bonds. The molecule has 1 heterocycles. The van der Waals surface area contributed by atoms with E-state index in [0.717, 1.165) is 44.7 Å². The second-order valence-corrected chi connectivity index (χ2v) is 6.30. The second kappa shape index (κ2) is 8.23. The van der Waals surface area contributed by atoms with Crippen molar-refractivity contribution in [1.29, 1.82) is 0 Å². The summed E-state index contributed by atoms with van der Waals surface area (Å²) < 4.78 is 5.86. The van der Waals surface area contributed by atoms with Crippen molar-refractivity contribution in [3.05, 3.63) is 0 Å². The minimum Gasteiger partial charge on any atom is -0.374 e. The molecular formula is C16H32N2O. The summed E-state index contributed by atoms with van der Waals surface area (Å²) in [6.45, 7) is 9.86. The van der Waals surface area contributed by atoms with Gasteiger partial charge in [-0.3, -0.25) is 4.90 Å². The molecule has 1 saturated heterocycles. The zero-order chi connectivity index (χ0) is 13.5. The quantitative estimate of drug-likeness (QED) is 0.801.